The number of hydrogen-bond acceptors (Lipinski definition) is 16. The average molecular weight is 965 g/mol. The molecule has 18 heteroatoms. The molecule has 2 aliphatic heterocycles. The number of methoxy groups -OCH3 is 4. The van der Waals surface area contributed by atoms with Crippen LogP contribution in [-0.4, -0.2) is 87.9 Å². The summed E-state index contributed by atoms with van der Waals surface area (Å²) in [6, 6.07) is 16.4. The fraction of sp³-hybridized carbons (Fsp3) is 0.680. The van der Waals surface area contributed by atoms with Crippen LogP contribution in [0.2, 0.25) is 0 Å². The molecule has 8 bridgehead atoms. The van der Waals surface area contributed by atoms with Crippen molar-refractivity contribution in [3.63, 3.8) is 0 Å². The molecule has 360 valence electrons. The SMILES string of the molecule is COC(=O)C(CCOC12CC3CC(C1)C1(OOC1(OC)c1cccc(C)c1)C(C3)C2)C(=O)OC.COC1(c2cccc(C)c2)OOC12C1CC3CC2CC(OCCC(C(=O)[O-])C(=O)[O-])(C3)C1.[Na+].[Na+]. The number of rotatable bonds is 16. The monoisotopic (exact) mass is 964 g/mol. The summed E-state index contributed by atoms with van der Waals surface area (Å²) in [5, 5.41) is 22.1. The summed E-state index contributed by atoms with van der Waals surface area (Å²) in [6.45, 7) is 4.43. The van der Waals surface area contributed by atoms with Crippen molar-refractivity contribution >= 4 is 23.9 Å². The molecule has 2 heterocycles. The quantitative estimate of drug-likeness (QED) is 0.0776. The Morgan fingerprint density at radius 1 is 0.574 bits per heavy atom. The molecule has 10 aliphatic rings. The van der Waals surface area contributed by atoms with Crippen molar-refractivity contribution in [2.75, 3.05) is 41.7 Å². The van der Waals surface area contributed by atoms with Gasteiger partial charge in [0.2, 0.25) is 0 Å². The van der Waals surface area contributed by atoms with Crippen molar-refractivity contribution in [2.24, 2.45) is 47.3 Å². The standard InChI is InChI=1S/C26H34O8.C24H30O8.2Na/c1-16-6-5-7-18(10-16)26(31-4)25(33-34-26)19-11-17-12-20(25)15-24(13-17,14-19)32-9-8-21(22(27)29-2)23(28)30-3;1-14-4-3-5-16(8-14)24(29-2)23(31-32-24)17-9-15-10-18(23)13-22(11-15,12-17)30-7-6-19(20(25)26)21(27)28;;/h5-7,10,17,19-21H,8-9,11-15H2,1-4H3;3-5,8,15,17-19H,6-7,9-13H2,1-2H3,(H,25,26)(H,27,28);;/q;;2*+1/p-2. The van der Waals surface area contributed by atoms with Gasteiger partial charge in [0.05, 0.1) is 37.4 Å². The molecule has 0 radical (unpaired) electrons. The van der Waals surface area contributed by atoms with Crippen LogP contribution < -0.4 is 69.3 Å². The number of carboxylic acids is 2. The Kier molecular flexibility index (Phi) is 16.2. The molecule has 68 heavy (non-hydrogen) atoms. The number of esters is 2. The van der Waals surface area contributed by atoms with E-state index in [-0.39, 0.29) is 108 Å². The van der Waals surface area contributed by atoms with Gasteiger partial charge >= 0.3 is 71.1 Å². The summed E-state index contributed by atoms with van der Waals surface area (Å²) in [7, 11) is 5.90. The number of carbonyl (C=O) groups excluding carboxylic acids is 4. The minimum Gasteiger partial charge on any atom is -0.549 e. The molecule has 6 unspecified atom stereocenters. The minimum absolute atomic E-state index is 0. The van der Waals surface area contributed by atoms with Crippen LogP contribution in [-0.2, 0) is 78.7 Å². The molecule has 12 rings (SSSR count). The fourth-order valence-corrected chi connectivity index (χ4v) is 14.5. The number of carboxylic acid groups (broad SMARTS) is 2. The maximum absolute atomic E-state index is 12.0. The molecule has 2 aromatic carbocycles. The van der Waals surface area contributed by atoms with Crippen molar-refractivity contribution in [3.8, 4) is 0 Å². The van der Waals surface area contributed by atoms with Crippen LogP contribution in [0.25, 0.3) is 0 Å². The van der Waals surface area contributed by atoms with Crippen molar-refractivity contribution in [2.45, 2.75) is 125 Å². The van der Waals surface area contributed by atoms with Crippen LogP contribution >= 0.6 is 0 Å². The van der Waals surface area contributed by atoms with Crippen molar-refractivity contribution < 1.29 is 136 Å². The zero-order valence-corrected chi connectivity index (χ0v) is 44.7. The van der Waals surface area contributed by atoms with E-state index in [0.29, 0.717) is 18.4 Å². The van der Waals surface area contributed by atoms with Gasteiger partial charge < -0.3 is 48.2 Å². The molecular formula is C50H62Na2O16. The average Bonchev–Trinajstić information content (AvgIpc) is 3.26. The Morgan fingerprint density at radius 2 is 0.941 bits per heavy atom. The number of ether oxygens (including phenoxy) is 6. The van der Waals surface area contributed by atoms with Gasteiger partial charge in [0.1, 0.15) is 0 Å². The van der Waals surface area contributed by atoms with Gasteiger partial charge in [-0.1, -0.05) is 59.7 Å². The number of aryl methyl sites for hydroxylation is 2. The maximum atomic E-state index is 12.0. The van der Waals surface area contributed by atoms with Gasteiger partial charge in [-0.15, -0.1) is 0 Å². The molecule has 8 saturated carbocycles. The summed E-state index contributed by atoms with van der Waals surface area (Å²) in [5.74, 6) is -7.21. The zero-order chi connectivity index (χ0) is 46.9. The van der Waals surface area contributed by atoms with Gasteiger partial charge in [-0.05, 0) is 103 Å². The Hall–Kier alpha value is -2.00. The summed E-state index contributed by atoms with van der Waals surface area (Å²) < 4.78 is 34.5. The Balaban J connectivity index is 0.000000196. The van der Waals surface area contributed by atoms with Crippen LogP contribution in [0.5, 0.6) is 0 Å². The predicted octanol–water partition coefficient (Wildman–Crippen LogP) is -1.95. The van der Waals surface area contributed by atoms with E-state index in [4.69, 9.17) is 48.0 Å². The molecule has 6 atom stereocenters. The van der Waals surface area contributed by atoms with Gasteiger partial charge in [0, 0.05) is 68.1 Å². The normalized spacial score (nSPS) is 37.4. The maximum Gasteiger partial charge on any atom is 1.00 e. The van der Waals surface area contributed by atoms with Crippen molar-refractivity contribution in [1.29, 1.82) is 0 Å². The van der Waals surface area contributed by atoms with E-state index in [0.717, 1.165) is 86.5 Å². The van der Waals surface area contributed by atoms with Gasteiger partial charge in [0.15, 0.2) is 17.1 Å². The number of aliphatic carboxylic acids is 2. The zero-order valence-electron chi connectivity index (χ0n) is 40.7. The topological polar surface area (TPSA) is 207 Å². The first kappa shape index (κ1) is 53.8. The number of benzene rings is 2. The third-order valence-corrected chi connectivity index (χ3v) is 16.9. The molecular weight excluding hydrogens is 903 g/mol. The van der Waals surface area contributed by atoms with Crippen LogP contribution in [0.3, 0.4) is 0 Å². The first-order valence-electron chi connectivity index (χ1n) is 23.4. The van der Waals surface area contributed by atoms with Gasteiger partial charge in [-0.3, -0.25) is 9.59 Å². The summed E-state index contributed by atoms with van der Waals surface area (Å²) in [6.07, 6.45) is 9.17. The molecule has 2 aromatic rings. The molecule has 2 saturated heterocycles. The van der Waals surface area contributed by atoms with Crippen LogP contribution in [0.15, 0.2) is 48.5 Å². The van der Waals surface area contributed by atoms with E-state index < -0.39 is 64.1 Å². The second-order valence-electron chi connectivity index (χ2n) is 20.4. The van der Waals surface area contributed by atoms with E-state index in [2.05, 4.69) is 31.2 Å². The number of carbonyl (C=O) groups is 4. The molecule has 0 aromatic heterocycles. The van der Waals surface area contributed by atoms with Crippen LogP contribution in [0.1, 0.15) is 99.3 Å². The van der Waals surface area contributed by atoms with Crippen LogP contribution in [0.4, 0.5) is 0 Å². The molecule has 0 N–H and O–H groups in total. The summed E-state index contributed by atoms with van der Waals surface area (Å²) >= 11 is 0. The Bertz CT molecular complexity index is 2130. The molecule has 0 amide bonds. The number of hydrogen-bond donors (Lipinski definition) is 0. The Labute approximate surface area is 441 Å². The van der Waals surface area contributed by atoms with Gasteiger partial charge in [-0.25, -0.2) is 9.78 Å². The molecule has 16 nitrogen and oxygen atoms in total. The van der Waals surface area contributed by atoms with Crippen molar-refractivity contribution in [3.05, 3.63) is 70.8 Å². The van der Waals surface area contributed by atoms with E-state index in [1.807, 2.05) is 31.2 Å². The first-order chi connectivity index (χ1) is 31.6. The second-order valence-corrected chi connectivity index (χ2v) is 20.4. The fourth-order valence-electron chi connectivity index (χ4n) is 14.5. The van der Waals surface area contributed by atoms with Crippen LogP contribution in [0, 0.1) is 61.2 Å². The van der Waals surface area contributed by atoms with Crippen molar-refractivity contribution in [1.82, 2.24) is 0 Å². The first-order valence-corrected chi connectivity index (χ1v) is 23.4. The third-order valence-electron chi connectivity index (χ3n) is 16.9. The summed E-state index contributed by atoms with van der Waals surface area (Å²) in [4.78, 5) is 69.9. The molecule has 8 aliphatic carbocycles. The van der Waals surface area contributed by atoms with E-state index in [1.54, 1.807) is 14.2 Å². The smallest absolute Gasteiger partial charge is 0.549 e. The van der Waals surface area contributed by atoms with Gasteiger partial charge in [0.25, 0.3) is 11.6 Å². The minimum atomic E-state index is -1.67. The molecule has 10 fully saturated rings. The Morgan fingerprint density at radius 3 is 1.24 bits per heavy atom. The second kappa shape index (κ2) is 20.5. The van der Waals surface area contributed by atoms with E-state index in [1.165, 1.54) is 14.2 Å². The van der Waals surface area contributed by atoms with E-state index >= 15 is 0 Å². The van der Waals surface area contributed by atoms with E-state index in [9.17, 15) is 29.4 Å². The predicted molar refractivity (Wildman–Crippen MR) is 224 cm³/mol. The largest absolute Gasteiger partial charge is 1.00 e. The van der Waals surface area contributed by atoms with Gasteiger partial charge in [-0.2, -0.15) is 9.78 Å². The molecule has 2 spiro atoms. The third kappa shape index (κ3) is 8.59. The summed E-state index contributed by atoms with van der Waals surface area (Å²) in [5.41, 5.74) is 2.36.